The van der Waals surface area contributed by atoms with Crippen LogP contribution >= 0.6 is 24.0 Å². The molecule has 0 bridgehead atoms. The van der Waals surface area contributed by atoms with E-state index in [0.717, 1.165) is 70.0 Å². The molecule has 7 heteroatoms. The van der Waals surface area contributed by atoms with Gasteiger partial charge in [-0.15, -0.1) is 24.0 Å². The van der Waals surface area contributed by atoms with Crippen LogP contribution in [0.25, 0.3) is 0 Å². The highest BCUT2D eigenvalue weighted by Crippen LogP contribution is 2.10. The van der Waals surface area contributed by atoms with Crippen molar-refractivity contribution in [1.82, 2.24) is 15.5 Å². The molecule has 1 aliphatic heterocycles. The molecule has 0 saturated carbocycles. The maximum absolute atomic E-state index is 13.2. The number of methoxy groups -OCH3 is 1. The van der Waals surface area contributed by atoms with Gasteiger partial charge < -0.3 is 20.3 Å². The van der Waals surface area contributed by atoms with Crippen LogP contribution in [0.2, 0.25) is 0 Å². The molecular formula is C19H32FIN4O. The normalized spacial score (nSPS) is 16.2. The molecule has 0 atom stereocenters. The van der Waals surface area contributed by atoms with Crippen LogP contribution in [0.3, 0.4) is 0 Å². The molecule has 1 aliphatic rings. The predicted octanol–water partition coefficient (Wildman–Crippen LogP) is 2.65. The molecule has 1 aromatic carbocycles. The van der Waals surface area contributed by atoms with E-state index < -0.39 is 0 Å². The zero-order valence-electron chi connectivity index (χ0n) is 15.8. The molecule has 2 rings (SSSR count). The lowest BCUT2D eigenvalue weighted by molar-refractivity contribution is 0.128. The van der Waals surface area contributed by atoms with Gasteiger partial charge >= 0.3 is 0 Å². The Bertz CT molecular complexity index is 536. The van der Waals surface area contributed by atoms with Crippen molar-refractivity contribution in [3.8, 4) is 0 Å². The van der Waals surface area contributed by atoms with Crippen LogP contribution in [-0.4, -0.2) is 63.8 Å². The number of ether oxygens (including phenoxy) is 1. The summed E-state index contributed by atoms with van der Waals surface area (Å²) in [4.78, 5) is 6.75. The first-order valence-electron chi connectivity index (χ1n) is 9.14. The number of nitrogens with one attached hydrogen (secondary N) is 2. The predicted molar refractivity (Wildman–Crippen MR) is 116 cm³/mol. The summed E-state index contributed by atoms with van der Waals surface area (Å²) in [6.07, 6.45) is 4.04. The van der Waals surface area contributed by atoms with E-state index in [-0.39, 0.29) is 29.8 Å². The van der Waals surface area contributed by atoms with Gasteiger partial charge in [-0.1, -0.05) is 12.1 Å². The van der Waals surface area contributed by atoms with Gasteiger partial charge in [0.25, 0.3) is 0 Å². The Morgan fingerprint density at radius 2 is 2.12 bits per heavy atom. The fourth-order valence-electron chi connectivity index (χ4n) is 3.10. The zero-order valence-corrected chi connectivity index (χ0v) is 18.2. The summed E-state index contributed by atoms with van der Waals surface area (Å²) in [5.41, 5.74) is 1.04. The van der Waals surface area contributed by atoms with Crippen LogP contribution in [0.5, 0.6) is 0 Å². The Balaban J connectivity index is 0.00000338. The molecule has 5 nitrogen and oxygen atoms in total. The number of rotatable bonds is 8. The maximum Gasteiger partial charge on any atom is 0.191 e. The highest BCUT2D eigenvalue weighted by Gasteiger charge is 2.19. The summed E-state index contributed by atoms with van der Waals surface area (Å²) in [5.74, 6) is 0.689. The van der Waals surface area contributed by atoms with Crippen molar-refractivity contribution >= 4 is 29.9 Å². The van der Waals surface area contributed by atoms with Gasteiger partial charge in [0.2, 0.25) is 0 Å². The number of piperidine rings is 1. The quantitative estimate of drug-likeness (QED) is 0.261. The molecule has 0 aliphatic carbocycles. The molecule has 1 heterocycles. The molecule has 0 aromatic heterocycles. The molecular weight excluding hydrogens is 446 g/mol. The summed E-state index contributed by atoms with van der Waals surface area (Å²) < 4.78 is 18.3. The monoisotopic (exact) mass is 478 g/mol. The van der Waals surface area contributed by atoms with Gasteiger partial charge in [-0.2, -0.15) is 0 Å². The van der Waals surface area contributed by atoms with Crippen LogP contribution in [0.4, 0.5) is 4.39 Å². The number of benzene rings is 1. The maximum atomic E-state index is 13.2. The van der Waals surface area contributed by atoms with E-state index in [9.17, 15) is 4.39 Å². The smallest absolute Gasteiger partial charge is 0.191 e. The van der Waals surface area contributed by atoms with E-state index in [2.05, 4.69) is 20.5 Å². The Hall–Kier alpha value is -0.930. The fourth-order valence-corrected chi connectivity index (χ4v) is 3.10. The average molecular weight is 478 g/mol. The van der Waals surface area contributed by atoms with Gasteiger partial charge in [-0.25, -0.2) is 4.39 Å². The summed E-state index contributed by atoms with van der Waals surface area (Å²) in [7, 11) is 3.55. The highest BCUT2D eigenvalue weighted by atomic mass is 127. The minimum Gasteiger partial charge on any atom is -0.383 e. The number of hydrogen-bond acceptors (Lipinski definition) is 3. The molecule has 2 N–H and O–H groups in total. The van der Waals surface area contributed by atoms with Gasteiger partial charge in [0.05, 0.1) is 6.61 Å². The molecule has 148 valence electrons. The minimum atomic E-state index is -0.167. The molecule has 0 radical (unpaired) electrons. The molecule has 1 saturated heterocycles. The Labute approximate surface area is 173 Å². The molecule has 0 amide bonds. The van der Waals surface area contributed by atoms with Crippen LogP contribution < -0.4 is 10.6 Å². The van der Waals surface area contributed by atoms with Crippen LogP contribution in [-0.2, 0) is 11.2 Å². The molecule has 1 fully saturated rings. The number of halogens is 2. The van der Waals surface area contributed by atoms with Crippen molar-refractivity contribution in [1.29, 1.82) is 0 Å². The number of nitrogens with zero attached hydrogens (tertiary/aromatic N) is 2. The standard InChI is InChI=1S/C19H31FN4O.HI/c1-21-19(22-10-4-6-16-5-3-7-17(20)15-16)23-18-8-11-24(12-9-18)13-14-25-2;/h3,5,7,15,18H,4,6,8-14H2,1-2H3,(H2,21,22,23);1H. The fraction of sp³-hybridized carbons (Fsp3) is 0.632. The number of aliphatic imine (C=N–C) groups is 1. The van der Waals surface area contributed by atoms with Gasteiger partial charge in [-0.05, 0) is 43.4 Å². The third-order valence-corrected chi connectivity index (χ3v) is 4.59. The number of guanidine groups is 1. The van der Waals surface area contributed by atoms with E-state index in [1.165, 1.54) is 6.07 Å². The lowest BCUT2D eigenvalue weighted by Crippen LogP contribution is -2.49. The van der Waals surface area contributed by atoms with Gasteiger partial charge in [0.15, 0.2) is 5.96 Å². The highest BCUT2D eigenvalue weighted by molar-refractivity contribution is 14.0. The lowest BCUT2D eigenvalue weighted by atomic mass is 10.1. The largest absolute Gasteiger partial charge is 0.383 e. The third-order valence-electron chi connectivity index (χ3n) is 4.59. The molecule has 0 unspecified atom stereocenters. The summed E-state index contributed by atoms with van der Waals surface area (Å²) >= 11 is 0. The summed E-state index contributed by atoms with van der Waals surface area (Å²) in [6.45, 7) is 4.82. The Kier molecular flexibility index (Phi) is 11.8. The van der Waals surface area contributed by atoms with Crippen molar-refractivity contribution < 1.29 is 9.13 Å². The van der Waals surface area contributed by atoms with Crippen molar-refractivity contribution in [3.63, 3.8) is 0 Å². The van der Waals surface area contributed by atoms with Gasteiger partial charge in [0, 0.05) is 46.4 Å². The van der Waals surface area contributed by atoms with E-state index >= 15 is 0 Å². The van der Waals surface area contributed by atoms with Crippen molar-refractivity contribution in [2.75, 3.05) is 46.9 Å². The van der Waals surface area contributed by atoms with E-state index in [4.69, 9.17) is 4.74 Å². The van der Waals surface area contributed by atoms with Crippen LogP contribution in [0.1, 0.15) is 24.8 Å². The minimum absolute atomic E-state index is 0. The number of likely N-dealkylation sites (tertiary alicyclic amines) is 1. The van der Waals surface area contributed by atoms with Crippen molar-refractivity contribution in [3.05, 3.63) is 35.6 Å². The number of hydrogen-bond donors (Lipinski definition) is 2. The van der Waals surface area contributed by atoms with Crippen LogP contribution in [0, 0.1) is 5.82 Å². The SMILES string of the molecule is CN=C(NCCCc1cccc(F)c1)NC1CCN(CCOC)CC1.I. The average Bonchev–Trinajstić information content (AvgIpc) is 2.63. The lowest BCUT2D eigenvalue weighted by Gasteiger charge is -2.32. The first kappa shape index (κ1) is 23.1. The molecule has 0 spiro atoms. The van der Waals surface area contributed by atoms with Crippen molar-refractivity contribution in [2.24, 2.45) is 4.99 Å². The van der Waals surface area contributed by atoms with Gasteiger partial charge in [0.1, 0.15) is 5.82 Å². The number of aryl methyl sites for hydroxylation is 1. The molecule has 26 heavy (non-hydrogen) atoms. The van der Waals surface area contributed by atoms with Gasteiger partial charge in [-0.3, -0.25) is 4.99 Å². The van der Waals surface area contributed by atoms with E-state index in [0.29, 0.717) is 6.04 Å². The zero-order chi connectivity index (χ0) is 17.9. The van der Waals surface area contributed by atoms with E-state index in [1.807, 2.05) is 6.07 Å². The van der Waals surface area contributed by atoms with Crippen molar-refractivity contribution in [2.45, 2.75) is 31.7 Å². The van der Waals surface area contributed by atoms with E-state index in [1.54, 1.807) is 26.3 Å². The second kappa shape index (κ2) is 13.3. The first-order valence-corrected chi connectivity index (χ1v) is 9.14. The Morgan fingerprint density at radius 3 is 2.77 bits per heavy atom. The second-order valence-corrected chi connectivity index (χ2v) is 6.49. The van der Waals surface area contributed by atoms with Crippen LogP contribution in [0.15, 0.2) is 29.3 Å². The third kappa shape index (κ3) is 8.64. The summed E-state index contributed by atoms with van der Waals surface area (Å²) in [6, 6.07) is 7.28. The first-order chi connectivity index (χ1) is 12.2. The summed E-state index contributed by atoms with van der Waals surface area (Å²) in [5, 5.41) is 6.87. The molecule has 1 aromatic rings. The topological polar surface area (TPSA) is 48.9 Å². The Morgan fingerprint density at radius 1 is 1.35 bits per heavy atom. The second-order valence-electron chi connectivity index (χ2n) is 6.49.